The molecule has 0 aliphatic carbocycles. The molecule has 2 nitrogen and oxygen atoms in total. The first-order valence-electron chi connectivity index (χ1n) is 4.77. The molecule has 0 saturated heterocycles. The number of thiophene rings is 1. The lowest BCUT2D eigenvalue weighted by molar-refractivity contribution is 0.250. The van der Waals surface area contributed by atoms with Crippen LogP contribution in [0.2, 0.25) is 0 Å². The first kappa shape index (κ1) is 12.7. The molecule has 0 aliphatic heterocycles. The molecule has 4 heteroatoms. The van der Waals surface area contributed by atoms with E-state index in [-0.39, 0.29) is 5.41 Å². The van der Waals surface area contributed by atoms with Crippen molar-refractivity contribution in [2.45, 2.75) is 20.4 Å². The summed E-state index contributed by atoms with van der Waals surface area (Å²) in [5, 5.41) is 8.93. The molecule has 0 atom stereocenters. The van der Waals surface area contributed by atoms with E-state index in [4.69, 9.17) is 5.26 Å². The second-order valence-corrected chi connectivity index (χ2v) is 6.92. The molecule has 0 aromatic carbocycles. The fourth-order valence-electron chi connectivity index (χ4n) is 1.47. The summed E-state index contributed by atoms with van der Waals surface area (Å²) < 4.78 is 1.16. The molecule has 0 spiro atoms. The van der Waals surface area contributed by atoms with Gasteiger partial charge in [0.1, 0.15) is 0 Å². The van der Waals surface area contributed by atoms with Crippen molar-refractivity contribution in [1.29, 1.82) is 5.26 Å². The lowest BCUT2D eigenvalue weighted by Gasteiger charge is -2.23. The SMILES string of the molecule is CN(Cc1ccc(Br)s1)CC(C)(C)C#N. The van der Waals surface area contributed by atoms with Crippen molar-refractivity contribution in [3.63, 3.8) is 0 Å². The zero-order chi connectivity index (χ0) is 11.5. The van der Waals surface area contributed by atoms with Crippen LogP contribution in [0.4, 0.5) is 0 Å². The Kier molecular flexibility index (Phi) is 4.32. The fraction of sp³-hybridized carbons (Fsp3) is 0.545. The van der Waals surface area contributed by atoms with E-state index in [1.54, 1.807) is 11.3 Å². The van der Waals surface area contributed by atoms with E-state index in [1.165, 1.54) is 4.88 Å². The zero-order valence-corrected chi connectivity index (χ0v) is 11.7. The molecule has 1 heterocycles. The minimum absolute atomic E-state index is 0.275. The number of nitrogens with zero attached hydrogens (tertiary/aromatic N) is 2. The second-order valence-electron chi connectivity index (χ2n) is 4.37. The van der Waals surface area contributed by atoms with Crippen molar-refractivity contribution in [2.75, 3.05) is 13.6 Å². The van der Waals surface area contributed by atoms with Crippen LogP contribution in [0, 0.1) is 16.7 Å². The van der Waals surface area contributed by atoms with Gasteiger partial charge < -0.3 is 0 Å². The van der Waals surface area contributed by atoms with E-state index in [2.05, 4.69) is 39.0 Å². The number of nitriles is 1. The van der Waals surface area contributed by atoms with E-state index < -0.39 is 0 Å². The quantitative estimate of drug-likeness (QED) is 0.847. The predicted octanol–water partition coefficient (Wildman–Crippen LogP) is 3.49. The molecule has 0 N–H and O–H groups in total. The first-order chi connectivity index (χ1) is 6.93. The van der Waals surface area contributed by atoms with Gasteiger partial charge in [-0.15, -0.1) is 11.3 Å². The van der Waals surface area contributed by atoms with E-state index in [0.29, 0.717) is 0 Å². The number of rotatable bonds is 4. The van der Waals surface area contributed by atoms with Crippen LogP contribution >= 0.6 is 27.3 Å². The molecule has 1 rings (SSSR count). The molecular weight excluding hydrogens is 272 g/mol. The Morgan fingerprint density at radius 1 is 1.53 bits per heavy atom. The van der Waals surface area contributed by atoms with Crippen molar-refractivity contribution in [1.82, 2.24) is 4.90 Å². The summed E-state index contributed by atoms with van der Waals surface area (Å²) in [7, 11) is 2.05. The molecule has 0 aliphatic rings. The Morgan fingerprint density at radius 3 is 2.67 bits per heavy atom. The maximum absolute atomic E-state index is 8.93. The Bertz CT molecular complexity index is 365. The van der Waals surface area contributed by atoms with Gasteiger partial charge in [-0.2, -0.15) is 5.26 Å². The molecule has 82 valence electrons. The van der Waals surface area contributed by atoms with Crippen LogP contribution in [0.15, 0.2) is 15.9 Å². The standard InChI is InChI=1S/C11H15BrN2S/c1-11(2,7-13)8-14(3)6-9-4-5-10(12)15-9/h4-5H,6,8H2,1-3H3. The summed E-state index contributed by atoms with van der Waals surface area (Å²) in [6.07, 6.45) is 0. The fourth-order valence-corrected chi connectivity index (χ4v) is 3.03. The van der Waals surface area contributed by atoms with Gasteiger partial charge in [-0.25, -0.2) is 0 Å². The molecule has 0 bridgehead atoms. The predicted molar refractivity (Wildman–Crippen MR) is 67.7 cm³/mol. The highest BCUT2D eigenvalue weighted by molar-refractivity contribution is 9.11. The van der Waals surface area contributed by atoms with Crippen LogP contribution in [0.25, 0.3) is 0 Å². The third kappa shape index (κ3) is 4.33. The molecular formula is C11H15BrN2S. The van der Waals surface area contributed by atoms with Gasteiger partial charge in [0.2, 0.25) is 0 Å². The van der Waals surface area contributed by atoms with Crippen molar-refractivity contribution in [3.8, 4) is 6.07 Å². The topological polar surface area (TPSA) is 27.0 Å². The van der Waals surface area contributed by atoms with Crippen molar-refractivity contribution >= 4 is 27.3 Å². The molecule has 0 saturated carbocycles. The maximum atomic E-state index is 8.93. The minimum atomic E-state index is -0.275. The molecule has 0 fully saturated rings. The van der Waals surface area contributed by atoms with Crippen LogP contribution < -0.4 is 0 Å². The molecule has 1 aromatic heterocycles. The molecule has 0 unspecified atom stereocenters. The van der Waals surface area contributed by atoms with Crippen molar-refractivity contribution < 1.29 is 0 Å². The number of halogens is 1. The highest BCUT2D eigenvalue weighted by Gasteiger charge is 2.19. The van der Waals surface area contributed by atoms with Gasteiger partial charge in [-0.3, -0.25) is 4.90 Å². The van der Waals surface area contributed by atoms with Gasteiger partial charge in [0.05, 0.1) is 15.3 Å². The smallest absolute Gasteiger partial charge is 0.0701 e. The van der Waals surface area contributed by atoms with Crippen LogP contribution in [0.1, 0.15) is 18.7 Å². The van der Waals surface area contributed by atoms with E-state index in [0.717, 1.165) is 16.9 Å². The normalized spacial score (nSPS) is 11.7. The zero-order valence-electron chi connectivity index (χ0n) is 9.25. The monoisotopic (exact) mass is 286 g/mol. The first-order valence-corrected chi connectivity index (χ1v) is 6.38. The summed E-state index contributed by atoms with van der Waals surface area (Å²) >= 11 is 5.19. The lowest BCUT2D eigenvalue weighted by atomic mass is 9.95. The Balaban J connectivity index is 2.50. The van der Waals surface area contributed by atoms with Crippen LogP contribution in [-0.2, 0) is 6.54 Å². The van der Waals surface area contributed by atoms with E-state index in [9.17, 15) is 0 Å². The Morgan fingerprint density at radius 2 is 2.20 bits per heavy atom. The third-order valence-corrected chi connectivity index (χ3v) is 3.63. The van der Waals surface area contributed by atoms with Crippen LogP contribution in [0.3, 0.4) is 0 Å². The summed E-state index contributed by atoms with van der Waals surface area (Å²) in [6.45, 7) is 5.63. The summed E-state index contributed by atoms with van der Waals surface area (Å²) in [6, 6.07) is 6.49. The highest BCUT2D eigenvalue weighted by Crippen LogP contribution is 2.24. The van der Waals surface area contributed by atoms with Crippen LogP contribution in [0.5, 0.6) is 0 Å². The van der Waals surface area contributed by atoms with Crippen molar-refractivity contribution in [2.24, 2.45) is 5.41 Å². The summed E-state index contributed by atoms with van der Waals surface area (Å²) in [5.74, 6) is 0. The average Bonchev–Trinajstić information content (AvgIpc) is 2.50. The van der Waals surface area contributed by atoms with E-state index >= 15 is 0 Å². The van der Waals surface area contributed by atoms with Crippen molar-refractivity contribution in [3.05, 3.63) is 20.8 Å². The van der Waals surface area contributed by atoms with Gasteiger partial charge in [0.15, 0.2) is 0 Å². The second kappa shape index (κ2) is 5.11. The summed E-state index contributed by atoms with van der Waals surface area (Å²) in [4.78, 5) is 3.50. The molecule has 0 amide bonds. The number of hydrogen-bond donors (Lipinski definition) is 0. The van der Waals surface area contributed by atoms with Gasteiger partial charge in [-0.05, 0) is 49.0 Å². The lowest BCUT2D eigenvalue weighted by Crippen LogP contribution is -2.29. The van der Waals surface area contributed by atoms with Gasteiger partial charge in [-0.1, -0.05) is 0 Å². The third-order valence-electron chi connectivity index (χ3n) is 2.02. The molecule has 1 aromatic rings. The highest BCUT2D eigenvalue weighted by atomic mass is 79.9. The van der Waals surface area contributed by atoms with Crippen LogP contribution in [-0.4, -0.2) is 18.5 Å². The van der Waals surface area contributed by atoms with E-state index in [1.807, 2.05) is 20.9 Å². The average molecular weight is 287 g/mol. The largest absolute Gasteiger partial charge is 0.300 e. The molecule has 15 heavy (non-hydrogen) atoms. The van der Waals surface area contributed by atoms with Gasteiger partial charge >= 0.3 is 0 Å². The Hall–Kier alpha value is -0.370. The van der Waals surface area contributed by atoms with Gasteiger partial charge in [0, 0.05) is 18.0 Å². The van der Waals surface area contributed by atoms with Gasteiger partial charge in [0.25, 0.3) is 0 Å². The summed E-state index contributed by atoms with van der Waals surface area (Å²) in [5.41, 5.74) is -0.275. The maximum Gasteiger partial charge on any atom is 0.0701 e. The minimum Gasteiger partial charge on any atom is -0.300 e. The number of hydrogen-bond acceptors (Lipinski definition) is 3. The molecule has 0 radical (unpaired) electrons. The Labute approximate surface area is 104 Å².